The fourth-order valence-corrected chi connectivity index (χ4v) is 1.40. The van der Waals surface area contributed by atoms with Gasteiger partial charge in [0.05, 0.1) is 5.38 Å². The van der Waals surface area contributed by atoms with Gasteiger partial charge in [-0.05, 0) is 19.3 Å². The second kappa shape index (κ2) is 8.22. The highest BCUT2D eigenvalue weighted by Crippen LogP contribution is 2.10. The Morgan fingerprint density at radius 1 is 1.33 bits per heavy atom. The summed E-state index contributed by atoms with van der Waals surface area (Å²) in [7, 11) is 0. The molecule has 12 heavy (non-hydrogen) atoms. The van der Waals surface area contributed by atoms with Crippen LogP contribution in [0.4, 0.5) is 0 Å². The van der Waals surface area contributed by atoms with Gasteiger partial charge in [0.15, 0.2) is 0 Å². The Morgan fingerprint density at radius 3 is 2.50 bits per heavy atom. The lowest BCUT2D eigenvalue weighted by atomic mass is 10.2. The van der Waals surface area contributed by atoms with E-state index in [1.165, 1.54) is 0 Å². The monoisotopic (exact) mass is 228 g/mol. The Kier molecular flexibility index (Phi) is 8.64. The summed E-state index contributed by atoms with van der Waals surface area (Å²) in [5, 5.41) is 0.296. The zero-order valence-electron chi connectivity index (χ0n) is 7.27. The highest BCUT2D eigenvalue weighted by Gasteiger charge is 1.99. The van der Waals surface area contributed by atoms with E-state index < -0.39 is 0 Å². The fourth-order valence-electron chi connectivity index (χ4n) is 0.741. The summed E-state index contributed by atoms with van der Waals surface area (Å²) in [6.45, 7) is 2.07. The summed E-state index contributed by atoms with van der Waals surface area (Å²) in [5.41, 5.74) is 0. The third kappa shape index (κ3) is 7.27. The van der Waals surface area contributed by atoms with E-state index in [0.29, 0.717) is 5.88 Å². The lowest BCUT2D eigenvalue weighted by molar-refractivity contribution is 0.820. The third-order valence-corrected chi connectivity index (χ3v) is 2.63. The molecule has 0 aromatic heterocycles. The summed E-state index contributed by atoms with van der Waals surface area (Å²) in [5.74, 6) is 0.608. The third-order valence-electron chi connectivity index (χ3n) is 1.56. The standard InChI is InChI=1S/C9H15Cl3/c1-2-8(11)4-3-5-9(12)6-7-10/h3,5,8-9H,2,4,6-7H2,1H3/b5-3+. The van der Waals surface area contributed by atoms with Crippen molar-refractivity contribution in [1.82, 2.24) is 0 Å². The zero-order valence-corrected chi connectivity index (χ0v) is 9.54. The van der Waals surface area contributed by atoms with E-state index in [4.69, 9.17) is 34.8 Å². The molecule has 0 amide bonds. The molecule has 0 heterocycles. The van der Waals surface area contributed by atoms with Crippen LogP contribution in [-0.2, 0) is 0 Å². The van der Waals surface area contributed by atoms with Gasteiger partial charge in [0.25, 0.3) is 0 Å². The maximum Gasteiger partial charge on any atom is 0.0527 e. The molecule has 0 rings (SSSR count). The van der Waals surface area contributed by atoms with Gasteiger partial charge in [-0.3, -0.25) is 0 Å². The van der Waals surface area contributed by atoms with Crippen molar-refractivity contribution >= 4 is 34.8 Å². The summed E-state index contributed by atoms with van der Waals surface area (Å²) >= 11 is 17.3. The Morgan fingerprint density at radius 2 is 2.00 bits per heavy atom. The SMILES string of the molecule is CCC(Cl)C/C=C/C(Cl)CCCl. The summed E-state index contributed by atoms with van der Waals surface area (Å²) in [6, 6.07) is 0. The quantitative estimate of drug-likeness (QED) is 0.473. The molecular weight excluding hydrogens is 214 g/mol. The molecule has 0 nitrogen and oxygen atoms in total. The second-order valence-corrected chi connectivity index (χ2v) is 4.22. The molecule has 0 aromatic carbocycles. The Labute approximate surface area is 89.9 Å². The lowest BCUT2D eigenvalue weighted by Crippen LogP contribution is -1.96. The van der Waals surface area contributed by atoms with E-state index in [-0.39, 0.29) is 10.8 Å². The molecular formula is C9H15Cl3. The zero-order chi connectivity index (χ0) is 9.40. The number of rotatable bonds is 6. The van der Waals surface area contributed by atoms with Crippen LogP contribution in [-0.4, -0.2) is 16.6 Å². The number of allylic oxidation sites excluding steroid dienone is 2. The highest BCUT2D eigenvalue weighted by molar-refractivity contribution is 6.23. The van der Waals surface area contributed by atoms with Crippen LogP contribution >= 0.6 is 34.8 Å². The van der Waals surface area contributed by atoms with Gasteiger partial charge in [-0.25, -0.2) is 0 Å². The van der Waals surface area contributed by atoms with E-state index in [1.807, 2.05) is 12.2 Å². The minimum Gasteiger partial charge on any atom is -0.127 e. The first-order valence-corrected chi connectivity index (χ1v) is 5.62. The van der Waals surface area contributed by atoms with Crippen LogP contribution in [0.3, 0.4) is 0 Å². The maximum absolute atomic E-state index is 5.91. The number of hydrogen-bond donors (Lipinski definition) is 0. The van der Waals surface area contributed by atoms with E-state index in [2.05, 4.69) is 6.92 Å². The first kappa shape index (κ1) is 12.6. The molecule has 0 N–H and O–H groups in total. The normalized spacial score (nSPS) is 16.7. The second-order valence-electron chi connectivity index (χ2n) is 2.66. The van der Waals surface area contributed by atoms with Crippen molar-refractivity contribution in [3.05, 3.63) is 12.2 Å². The van der Waals surface area contributed by atoms with Gasteiger partial charge in [0, 0.05) is 11.3 Å². The maximum atomic E-state index is 5.91. The summed E-state index contributed by atoms with van der Waals surface area (Å²) < 4.78 is 0. The van der Waals surface area contributed by atoms with E-state index in [1.54, 1.807) is 0 Å². The van der Waals surface area contributed by atoms with Gasteiger partial charge < -0.3 is 0 Å². The molecule has 0 saturated carbocycles. The van der Waals surface area contributed by atoms with Crippen LogP contribution < -0.4 is 0 Å². The molecule has 0 radical (unpaired) electrons. The van der Waals surface area contributed by atoms with E-state index in [9.17, 15) is 0 Å². The minimum absolute atomic E-state index is 0.0585. The molecule has 72 valence electrons. The van der Waals surface area contributed by atoms with Crippen molar-refractivity contribution < 1.29 is 0 Å². The van der Waals surface area contributed by atoms with Crippen molar-refractivity contribution in [3.8, 4) is 0 Å². The van der Waals surface area contributed by atoms with Crippen LogP contribution in [0, 0.1) is 0 Å². The molecule has 3 heteroatoms. The largest absolute Gasteiger partial charge is 0.127 e. The Bertz CT molecular complexity index is 123. The highest BCUT2D eigenvalue weighted by atomic mass is 35.5. The molecule has 0 bridgehead atoms. The lowest BCUT2D eigenvalue weighted by Gasteiger charge is -2.02. The first-order valence-electron chi connectivity index (χ1n) is 4.21. The summed E-state index contributed by atoms with van der Waals surface area (Å²) in [6.07, 6.45) is 6.71. The molecule has 0 aliphatic carbocycles. The molecule has 0 aliphatic heterocycles. The van der Waals surface area contributed by atoms with Crippen LogP contribution in [0.2, 0.25) is 0 Å². The molecule has 0 fully saturated rings. The van der Waals surface area contributed by atoms with Gasteiger partial charge in [0.1, 0.15) is 0 Å². The van der Waals surface area contributed by atoms with Crippen LogP contribution in [0.25, 0.3) is 0 Å². The molecule has 0 aromatic rings. The van der Waals surface area contributed by atoms with E-state index >= 15 is 0 Å². The number of hydrogen-bond acceptors (Lipinski definition) is 0. The predicted molar refractivity (Wildman–Crippen MR) is 58.7 cm³/mol. The molecule has 0 saturated heterocycles. The minimum atomic E-state index is 0.0585. The fraction of sp³-hybridized carbons (Fsp3) is 0.778. The average molecular weight is 230 g/mol. The predicted octanol–water partition coefficient (Wildman–Crippen LogP) is 4.19. The Balaban J connectivity index is 3.46. The summed E-state index contributed by atoms with van der Waals surface area (Å²) in [4.78, 5) is 0. The first-order chi connectivity index (χ1) is 5.70. The smallest absolute Gasteiger partial charge is 0.0527 e. The molecule has 0 aliphatic rings. The average Bonchev–Trinajstić information content (AvgIpc) is 2.04. The van der Waals surface area contributed by atoms with Crippen molar-refractivity contribution in [2.45, 2.75) is 36.9 Å². The van der Waals surface area contributed by atoms with Crippen molar-refractivity contribution in [2.75, 3.05) is 5.88 Å². The van der Waals surface area contributed by atoms with Gasteiger partial charge in [-0.1, -0.05) is 19.1 Å². The molecule has 2 atom stereocenters. The van der Waals surface area contributed by atoms with Gasteiger partial charge in [0.2, 0.25) is 0 Å². The van der Waals surface area contributed by atoms with Gasteiger partial charge in [-0.15, -0.1) is 34.8 Å². The van der Waals surface area contributed by atoms with Crippen LogP contribution in [0.15, 0.2) is 12.2 Å². The van der Waals surface area contributed by atoms with Crippen LogP contribution in [0.1, 0.15) is 26.2 Å². The van der Waals surface area contributed by atoms with Gasteiger partial charge in [-0.2, -0.15) is 0 Å². The number of alkyl halides is 3. The van der Waals surface area contributed by atoms with Crippen molar-refractivity contribution in [3.63, 3.8) is 0 Å². The Hall–Kier alpha value is 0.610. The van der Waals surface area contributed by atoms with Gasteiger partial charge >= 0.3 is 0 Å². The van der Waals surface area contributed by atoms with Crippen LogP contribution in [0.5, 0.6) is 0 Å². The van der Waals surface area contributed by atoms with Crippen molar-refractivity contribution in [2.24, 2.45) is 0 Å². The topological polar surface area (TPSA) is 0 Å². The molecule has 2 unspecified atom stereocenters. The van der Waals surface area contributed by atoms with E-state index in [0.717, 1.165) is 19.3 Å². The molecule has 0 spiro atoms. The van der Waals surface area contributed by atoms with Crippen molar-refractivity contribution in [1.29, 1.82) is 0 Å². The number of halogens is 3.